The zero-order chi connectivity index (χ0) is 21.7. The average molecular weight is 416 g/mol. The van der Waals surface area contributed by atoms with Crippen LogP contribution < -0.4 is 26.6 Å². The van der Waals surface area contributed by atoms with Crippen molar-refractivity contribution in [1.29, 1.82) is 5.41 Å². The van der Waals surface area contributed by atoms with Crippen molar-refractivity contribution in [3.63, 3.8) is 0 Å². The Hall–Kier alpha value is -3.03. The summed E-state index contributed by atoms with van der Waals surface area (Å²) in [6, 6.07) is 10.9. The molecule has 7 nitrogen and oxygen atoms in total. The summed E-state index contributed by atoms with van der Waals surface area (Å²) in [7, 11) is 3.34. The molecule has 2 aromatic carbocycles. The van der Waals surface area contributed by atoms with Crippen molar-refractivity contribution in [1.82, 2.24) is 5.32 Å². The van der Waals surface area contributed by atoms with Crippen molar-refractivity contribution in [2.75, 3.05) is 19.1 Å². The number of ether oxygens (including phenoxy) is 1. The SMILES string of the molecule is CN/C(C(N)=O)=C(/C)C(=N)c1ccc(OCc2c(Cl)cccc2N(C)N)c(C)c1. The van der Waals surface area contributed by atoms with Gasteiger partial charge in [-0.05, 0) is 49.7 Å². The Morgan fingerprint density at radius 1 is 1.31 bits per heavy atom. The van der Waals surface area contributed by atoms with Gasteiger partial charge >= 0.3 is 0 Å². The fourth-order valence-corrected chi connectivity index (χ4v) is 3.20. The van der Waals surface area contributed by atoms with Gasteiger partial charge in [0.1, 0.15) is 18.1 Å². The van der Waals surface area contributed by atoms with E-state index in [1.54, 1.807) is 39.2 Å². The molecule has 0 bridgehead atoms. The van der Waals surface area contributed by atoms with E-state index in [0.29, 0.717) is 21.9 Å². The lowest BCUT2D eigenvalue weighted by molar-refractivity contribution is -0.114. The number of primary amides is 1. The lowest BCUT2D eigenvalue weighted by atomic mass is 9.99. The van der Waals surface area contributed by atoms with E-state index in [0.717, 1.165) is 16.8 Å². The Morgan fingerprint density at radius 2 is 2.00 bits per heavy atom. The Kier molecular flexibility index (Phi) is 7.25. The number of amides is 1. The van der Waals surface area contributed by atoms with Gasteiger partial charge in [0.05, 0.1) is 11.4 Å². The molecule has 0 atom stereocenters. The van der Waals surface area contributed by atoms with E-state index in [4.69, 9.17) is 33.3 Å². The number of hydrogen-bond donors (Lipinski definition) is 4. The van der Waals surface area contributed by atoms with Crippen LogP contribution in [0.4, 0.5) is 5.69 Å². The minimum absolute atomic E-state index is 0.209. The molecule has 0 aliphatic rings. The molecule has 0 saturated heterocycles. The number of allylic oxidation sites excluding steroid dienone is 1. The van der Waals surface area contributed by atoms with Gasteiger partial charge in [0.25, 0.3) is 5.91 Å². The number of hydrazine groups is 1. The number of anilines is 1. The first-order valence-electron chi connectivity index (χ1n) is 8.94. The fourth-order valence-electron chi connectivity index (χ4n) is 2.97. The number of nitrogens with two attached hydrogens (primary N) is 2. The number of benzene rings is 2. The summed E-state index contributed by atoms with van der Waals surface area (Å²) < 4.78 is 5.96. The Bertz CT molecular complexity index is 970. The summed E-state index contributed by atoms with van der Waals surface area (Å²) in [5, 5.41) is 13.2. The Morgan fingerprint density at radius 3 is 2.55 bits per heavy atom. The smallest absolute Gasteiger partial charge is 0.265 e. The van der Waals surface area contributed by atoms with Crippen molar-refractivity contribution < 1.29 is 9.53 Å². The van der Waals surface area contributed by atoms with Crippen molar-refractivity contribution >= 4 is 28.9 Å². The molecule has 0 aliphatic carbocycles. The van der Waals surface area contributed by atoms with E-state index < -0.39 is 5.91 Å². The number of nitrogens with zero attached hydrogens (tertiary/aromatic N) is 1. The van der Waals surface area contributed by atoms with Gasteiger partial charge in [-0.2, -0.15) is 0 Å². The van der Waals surface area contributed by atoms with Gasteiger partial charge in [-0.3, -0.25) is 10.2 Å². The number of hydrogen-bond acceptors (Lipinski definition) is 6. The van der Waals surface area contributed by atoms with Crippen LogP contribution in [0.2, 0.25) is 5.02 Å². The summed E-state index contributed by atoms with van der Waals surface area (Å²) in [5.74, 6) is 5.93. The zero-order valence-corrected chi connectivity index (χ0v) is 17.7. The van der Waals surface area contributed by atoms with Gasteiger partial charge in [0.15, 0.2) is 0 Å². The van der Waals surface area contributed by atoms with Crippen molar-refractivity contribution in [2.24, 2.45) is 11.6 Å². The number of aryl methyl sites for hydroxylation is 1. The predicted molar refractivity (Wildman–Crippen MR) is 117 cm³/mol. The number of carbonyl (C=O) groups is 1. The van der Waals surface area contributed by atoms with Gasteiger partial charge in [-0.25, -0.2) is 5.84 Å². The molecule has 2 aromatic rings. The maximum atomic E-state index is 11.5. The summed E-state index contributed by atoms with van der Waals surface area (Å²) in [6.07, 6.45) is 0. The molecule has 0 radical (unpaired) electrons. The quantitative estimate of drug-likeness (QED) is 0.229. The molecule has 29 heavy (non-hydrogen) atoms. The maximum Gasteiger partial charge on any atom is 0.265 e. The van der Waals surface area contributed by atoms with Gasteiger partial charge < -0.3 is 20.8 Å². The summed E-state index contributed by atoms with van der Waals surface area (Å²) in [5.41, 5.74) is 9.32. The number of likely N-dealkylation sites (N-methyl/N-ethyl adjacent to an activating group) is 1. The topological polar surface area (TPSA) is 117 Å². The second-order valence-corrected chi connectivity index (χ2v) is 7.01. The molecule has 0 fully saturated rings. The highest BCUT2D eigenvalue weighted by atomic mass is 35.5. The number of nitrogens with one attached hydrogen (secondary N) is 2. The van der Waals surface area contributed by atoms with Crippen LogP contribution in [0.15, 0.2) is 47.7 Å². The van der Waals surface area contributed by atoms with E-state index in [9.17, 15) is 4.79 Å². The highest BCUT2D eigenvalue weighted by Gasteiger charge is 2.15. The van der Waals surface area contributed by atoms with Gasteiger partial charge in [-0.15, -0.1) is 0 Å². The molecule has 2 rings (SSSR count). The van der Waals surface area contributed by atoms with Crippen molar-refractivity contribution in [2.45, 2.75) is 20.5 Å². The Labute approximate surface area is 175 Å². The van der Waals surface area contributed by atoms with Crippen LogP contribution >= 0.6 is 11.6 Å². The third-order valence-corrected chi connectivity index (χ3v) is 4.91. The monoisotopic (exact) mass is 415 g/mol. The van der Waals surface area contributed by atoms with E-state index in [1.165, 1.54) is 5.01 Å². The predicted octanol–water partition coefficient (Wildman–Crippen LogP) is 2.88. The molecule has 154 valence electrons. The van der Waals surface area contributed by atoms with Crippen LogP contribution in [-0.4, -0.2) is 25.7 Å². The highest BCUT2D eigenvalue weighted by molar-refractivity contribution is 6.31. The first-order valence-corrected chi connectivity index (χ1v) is 9.32. The molecular weight excluding hydrogens is 390 g/mol. The lowest BCUT2D eigenvalue weighted by Gasteiger charge is -2.19. The summed E-state index contributed by atoms with van der Waals surface area (Å²) >= 11 is 6.31. The van der Waals surface area contributed by atoms with Gasteiger partial charge in [0, 0.05) is 35.8 Å². The first-order chi connectivity index (χ1) is 13.7. The third kappa shape index (κ3) is 5.07. The molecule has 0 aromatic heterocycles. The van der Waals surface area contributed by atoms with Gasteiger partial charge in [0.2, 0.25) is 0 Å². The Balaban J connectivity index is 2.26. The molecule has 0 unspecified atom stereocenters. The van der Waals surface area contributed by atoms with Crippen LogP contribution in [0, 0.1) is 12.3 Å². The molecule has 0 spiro atoms. The highest BCUT2D eigenvalue weighted by Crippen LogP contribution is 2.28. The van der Waals surface area contributed by atoms with Crippen LogP contribution in [0.1, 0.15) is 23.6 Å². The summed E-state index contributed by atoms with van der Waals surface area (Å²) in [4.78, 5) is 11.5. The zero-order valence-electron chi connectivity index (χ0n) is 17.0. The van der Waals surface area contributed by atoms with Crippen molar-refractivity contribution in [3.8, 4) is 5.75 Å². The van der Waals surface area contributed by atoms with Crippen LogP contribution in [0.5, 0.6) is 5.75 Å². The van der Waals surface area contributed by atoms with Crippen LogP contribution in [0.25, 0.3) is 0 Å². The van der Waals surface area contributed by atoms with Crippen molar-refractivity contribution in [3.05, 3.63) is 69.4 Å². The molecule has 8 heteroatoms. The van der Waals surface area contributed by atoms with E-state index >= 15 is 0 Å². The molecular formula is C21H26ClN5O2. The third-order valence-electron chi connectivity index (χ3n) is 4.56. The molecule has 1 amide bonds. The fraction of sp³-hybridized carbons (Fsp3) is 0.238. The average Bonchev–Trinajstić information content (AvgIpc) is 2.67. The van der Waals surface area contributed by atoms with E-state index in [1.807, 2.05) is 25.1 Å². The largest absolute Gasteiger partial charge is 0.488 e. The van der Waals surface area contributed by atoms with Gasteiger partial charge in [-0.1, -0.05) is 17.7 Å². The molecule has 0 saturated carbocycles. The summed E-state index contributed by atoms with van der Waals surface area (Å²) in [6.45, 7) is 3.82. The molecule has 6 N–H and O–H groups in total. The number of rotatable bonds is 8. The number of carbonyl (C=O) groups excluding carboxylic acids is 1. The van der Waals surface area contributed by atoms with Crippen LogP contribution in [0.3, 0.4) is 0 Å². The maximum absolute atomic E-state index is 11.5. The lowest BCUT2D eigenvalue weighted by Crippen LogP contribution is -2.26. The first kappa shape index (κ1) is 22.3. The second-order valence-electron chi connectivity index (χ2n) is 6.61. The normalized spacial score (nSPS) is 11.5. The molecule has 0 heterocycles. The standard InChI is InChI=1S/C21H26ClN5O2/c1-12-10-14(19(23)13(2)20(26-3)21(24)28)8-9-18(12)29-11-15-16(22)6-5-7-17(15)27(4)25/h5-10,23,26H,11,25H2,1-4H3,(H2,24,28)/b20-13-,23-19?. The van der Waals surface area contributed by atoms with E-state index in [-0.39, 0.29) is 18.0 Å². The minimum atomic E-state index is -0.605. The number of halogens is 1. The second kappa shape index (κ2) is 9.45. The van der Waals surface area contributed by atoms with E-state index in [2.05, 4.69) is 5.32 Å². The minimum Gasteiger partial charge on any atom is -0.488 e. The van der Waals surface area contributed by atoms with Crippen LogP contribution in [-0.2, 0) is 11.4 Å². The molecule has 0 aliphatic heterocycles.